The third kappa shape index (κ3) is 14.2. The van der Waals surface area contributed by atoms with Gasteiger partial charge in [-0.3, -0.25) is 9.59 Å². The van der Waals surface area contributed by atoms with E-state index in [1.54, 1.807) is 43.4 Å². The van der Waals surface area contributed by atoms with Gasteiger partial charge in [0.05, 0.1) is 32.3 Å². The van der Waals surface area contributed by atoms with Crippen LogP contribution in [0.5, 0.6) is 0 Å². The van der Waals surface area contributed by atoms with Crippen molar-refractivity contribution < 1.29 is 9.59 Å². The molecule has 2 aliphatic heterocycles. The second-order valence-electron chi connectivity index (χ2n) is 24.7. The van der Waals surface area contributed by atoms with E-state index in [4.69, 9.17) is 0 Å². The van der Waals surface area contributed by atoms with E-state index in [0.717, 1.165) is 84.4 Å². The first-order chi connectivity index (χ1) is 38.0. The summed E-state index contributed by atoms with van der Waals surface area (Å²) in [6.45, 7) is 24.6. The van der Waals surface area contributed by atoms with Gasteiger partial charge in [-0.05, 0) is 159 Å². The quantitative estimate of drug-likeness (QED) is 0.0431. The number of aryl methyl sites for hydroxylation is 2. The zero-order valence-electron chi connectivity index (χ0n) is 50.5. The lowest BCUT2D eigenvalue weighted by Gasteiger charge is -2.29. The van der Waals surface area contributed by atoms with Gasteiger partial charge in [-0.25, -0.2) is 0 Å². The molecule has 0 saturated carbocycles. The molecule has 4 aliphatic rings. The highest BCUT2D eigenvalue weighted by Gasteiger charge is 2.50. The molecule has 0 N–H and O–H groups in total. The molecule has 0 saturated heterocycles. The smallest absolute Gasteiger partial charge is 0.261 e. The molecule has 8 rings (SSSR count). The first-order valence-corrected chi connectivity index (χ1v) is 35.5. The van der Waals surface area contributed by atoms with Crippen LogP contribution in [0.1, 0.15) is 287 Å². The van der Waals surface area contributed by atoms with Crippen molar-refractivity contribution in [1.29, 1.82) is 0 Å². The highest BCUT2D eigenvalue weighted by atomic mass is 32.1. The topological polar surface area (TPSA) is 40.6 Å². The van der Waals surface area contributed by atoms with Crippen molar-refractivity contribution >= 4 is 79.7 Å². The molecule has 0 fully saturated rings. The van der Waals surface area contributed by atoms with E-state index in [1.807, 2.05) is 22.7 Å². The third-order valence-corrected chi connectivity index (χ3v) is 23.3. The van der Waals surface area contributed by atoms with Crippen molar-refractivity contribution in [2.24, 2.45) is 23.7 Å². The summed E-state index contributed by atoms with van der Waals surface area (Å²) in [6.07, 6.45) is 34.3. The minimum atomic E-state index is 0.0476. The molecule has 6 heterocycles. The predicted octanol–water partition coefficient (Wildman–Crippen LogP) is 22.7. The molecule has 8 heteroatoms. The third-order valence-electron chi connectivity index (χ3n) is 18.6. The molecule has 0 spiro atoms. The Morgan fingerprint density at radius 2 is 0.859 bits per heavy atom. The summed E-state index contributed by atoms with van der Waals surface area (Å²) in [6, 6.07) is 14.2. The van der Waals surface area contributed by atoms with Crippen LogP contribution in [0, 0.1) is 37.5 Å². The van der Waals surface area contributed by atoms with Crippen LogP contribution in [-0.2, 0) is 9.59 Å². The highest BCUT2D eigenvalue weighted by molar-refractivity contribution is 7.23. The largest absolute Gasteiger partial charge is 0.306 e. The molecule has 2 aliphatic carbocycles. The number of carbonyl (C=O) groups excluding carboxylic acids is 2. The van der Waals surface area contributed by atoms with Gasteiger partial charge in [0.1, 0.15) is 0 Å². The van der Waals surface area contributed by atoms with Gasteiger partial charge in [-0.15, -0.1) is 45.3 Å². The van der Waals surface area contributed by atoms with Crippen molar-refractivity contribution in [2.75, 3.05) is 13.1 Å². The molecule has 78 heavy (non-hydrogen) atoms. The first-order valence-electron chi connectivity index (χ1n) is 32.3. The minimum Gasteiger partial charge on any atom is -0.306 e. The summed E-state index contributed by atoms with van der Waals surface area (Å²) in [4.78, 5) is 46.4. The summed E-state index contributed by atoms with van der Waals surface area (Å²) >= 11 is 7.69. The van der Waals surface area contributed by atoms with Crippen LogP contribution in [0.15, 0.2) is 47.5 Å². The molecule has 0 bridgehead atoms. The van der Waals surface area contributed by atoms with Gasteiger partial charge in [-0.2, -0.15) is 0 Å². The number of nitrogens with zero attached hydrogens (tertiary/aromatic N) is 2. The number of rotatable bonds is 35. The lowest BCUT2D eigenvalue weighted by molar-refractivity contribution is -0.124. The van der Waals surface area contributed by atoms with Gasteiger partial charge in [-0.1, -0.05) is 184 Å². The van der Waals surface area contributed by atoms with Crippen molar-refractivity contribution in [1.82, 2.24) is 9.80 Å². The Balaban J connectivity index is 1.23. The normalized spacial score (nSPS) is 19.8. The Bertz CT molecular complexity index is 2680. The standard InChI is InChI=1S/C70H102N2O2S4/c1-11-19-25-27-33-51(31-23-15-5)45-71-65(60-36-35-47(9)75-60)63-64(70(71)74)66(72(69(63)73)46-52(32-24-16-6)34-28-26-20-12-2)61-38-37-59(77-61)62-44-56-54(41-50(18-8)30-22-14-4)43-58(68(56)78-62)57-42-53(40-49(17-7)29-21-13-3)55-39-48(10)76-67(55)57/h35-39,44,49-54H,11-34,40-43,45-46H2,1-10H3/b58-57+. The summed E-state index contributed by atoms with van der Waals surface area (Å²) in [5.74, 6) is 3.59. The molecule has 6 atom stereocenters. The van der Waals surface area contributed by atoms with Crippen LogP contribution in [0.3, 0.4) is 0 Å². The predicted molar refractivity (Wildman–Crippen MR) is 344 cm³/mol. The Morgan fingerprint density at radius 1 is 0.436 bits per heavy atom. The summed E-state index contributed by atoms with van der Waals surface area (Å²) in [5.41, 5.74) is 9.67. The van der Waals surface area contributed by atoms with Gasteiger partial charge in [0.15, 0.2) is 0 Å². The van der Waals surface area contributed by atoms with Gasteiger partial charge in [0.2, 0.25) is 0 Å². The fourth-order valence-electron chi connectivity index (χ4n) is 14.0. The van der Waals surface area contributed by atoms with Gasteiger partial charge < -0.3 is 9.80 Å². The molecule has 428 valence electrons. The van der Waals surface area contributed by atoms with Gasteiger partial charge >= 0.3 is 0 Å². The fourth-order valence-corrected chi connectivity index (χ4v) is 18.6. The summed E-state index contributed by atoms with van der Waals surface area (Å²) < 4.78 is 0. The average Bonchev–Trinajstić information content (AvgIpc) is 4.51. The number of hydrogen-bond donors (Lipinski definition) is 0. The SMILES string of the molecule is CCCCCCC(CCCC)CN1C(=O)C2=C(c3ccc(-c4cc5c(s4)/C(=C4\CC(CC(CC)CCCC)c6cc(C)sc64)CC5CC(CC)CCCC)s3)N(CC(CCCC)CCCCCC)C(=O)C2=C1c1ccc(C)s1. The molecule has 0 aromatic carbocycles. The summed E-state index contributed by atoms with van der Waals surface area (Å²) in [7, 11) is 0. The maximum Gasteiger partial charge on any atom is 0.261 e. The van der Waals surface area contributed by atoms with Crippen LogP contribution in [0.2, 0.25) is 0 Å². The Kier molecular flexibility index (Phi) is 23.3. The molecule has 2 amide bonds. The second-order valence-corrected chi connectivity index (χ2v) is 29.3. The lowest BCUT2D eigenvalue weighted by Crippen LogP contribution is -2.34. The fraction of sp³-hybridized carbons (Fsp3) is 0.657. The van der Waals surface area contributed by atoms with Crippen molar-refractivity contribution in [3.63, 3.8) is 0 Å². The van der Waals surface area contributed by atoms with E-state index in [2.05, 4.69) is 127 Å². The zero-order valence-corrected chi connectivity index (χ0v) is 53.8. The van der Waals surface area contributed by atoms with Crippen molar-refractivity contribution in [2.45, 2.75) is 261 Å². The molecule has 4 nitrogen and oxygen atoms in total. The van der Waals surface area contributed by atoms with Crippen LogP contribution < -0.4 is 0 Å². The van der Waals surface area contributed by atoms with E-state index >= 15 is 9.59 Å². The minimum absolute atomic E-state index is 0.0476. The molecule has 4 aromatic heterocycles. The Hall–Kier alpha value is -3.04. The molecule has 0 radical (unpaired) electrons. The van der Waals surface area contributed by atoms with Crippen molar-refractivity contribution in [3.8, 4) is 9.75 Å². The van der Waals surface area contributed by atoms with E-state index in [9.17, 15) is 0 Å². The monoisotopic (exact) mass is 1130 g/mol. The molecular weight excluding hydrogens is 1030 g/mol. The van der Waals surface area contributed by atoms with E-state index in [1.165, 1.54) is 148 Å². The van der Waals surface area contributed by atoms with Crippen molar-refractivity contribution in [3.05, 3.63) is 87.9 Å². The van der Waals surface area contributed by atoms with Crippen LogP contribution in [0.25, 0.3) is 32.3 Å². The number of unbranched alkanes of at least 4 members (excludes halogenated alkanes) is 10. The van der Waals surface area contributed by atoms with E-state index < -0.39 is 0 Å². The number of carbonyl (C=O) groups is 2. The Labute approximate surface area is 491 Å². The molecule has 6 unspecified atom stereocenters. The van der Waals surface area contributed by atoms with Gasteiger partial charge in [0.25, 0.3) is 11.8 Å². The van der Waals surface area contributed by atoms with E-state index in [-0.39, 0.29) is 11.8 Å². The number of hydrogen-bond acceptors (Lipinski definition) is 6. The van der Waals surface area contributed by atoms with Crippen LogP contribution in [-0.4, -0.2) is 34.7 Å². The second kappa shape index (κ2) is 29.8. The molecular formula is C70H102N2O2S4. The number of fused-ring (bicyclic) bond motifs is 3. The molecule has 4 aromatic rings. The average molecular weight is 1130 g/mol. The first kappa shape index (κ1) is 61.0. The number of thiophene rings is 4. The Morgan fingerprint density at radius 3 is 1.32 bits per heavy atom. The van der Waals surface area contributed by atoms with E-state index in [0.29, 0.717) is 47.9 Å². The maximum absolute atomic E-state index is 15.8. The van der Waals surface area contributed by atoms with Crippen LogP contribution >= 0.6 is 45.3 Å². The number of amides is 2. The number of allylic oxidation sites excluding steroid dienone is 2. The lowest BCUT2D eigenvalue weighted by atomic mass is 9.85. The zero-order chi connectivity index (χ0) is 55.3. The maximum atomic E-state index is 15.8. The van der Waals surface area contributed by atoms with Crippen LogP contribution in [0.4, 0.5) is 0 Å². The highest BCUT2D eigenvalue weighted by Crippen LogP contribution is 2.59. The van der Waals surface area contributed by atoms with Gasteiger partial charge in [0, 0.05) is 42.4 Å². The summed E-state index contributed by atoms with van der Waals surface area (Å²) in [5, 5.41) is 0.